The Labute approximate surface area is 109 Å². The van der Waals surface area contributed by atoms with Gasteiger partial charge in [0.1, 0.15) is 0 Å². The third-order valence-corrected chi connectivity index (χ3v) is 3.85. The van der Waals surface area contributed by atoms with Crippen LogP contribution in [0.1, 0.15) is 43.0 Å². The van der Waals surface area contributed by atoms with E-state index in [0.29, 0.717) is 11.3 Å². The van der Waals surface area contributed by atoms with E-state index in [0.717, 1.165) is 17.3 Å². The molecule has 17 heavy (non-hydrogen) atoms. The number of anilines is 1. The Morgan fingerprint density at radius 3 is 2.65 bits per heavy atom. The lowest BCUT2D eigenvalue weighted by Gasteiger charge is -2.27. The van der Waals surface area contributed by atoms with Crippen molar-refractivity contribution in [2.75, 3.05) is 5.32 Å². The van der Waals surface area contributed by atoms with Crippen LogP contribution in [0.2, 0.25) is 0 Å². The van der Waals surface area contributed by atoms with Crippen LogP contribution in [0.25, 0.3) is 0 Å². The summed E-state index contributed by atoms with van der Waals surface area (Å²) in [6.07, 6.45) is 4.62. The molecular weight excluding hydrogens is 282 g/mol. The Balaban J connectivity index is 2.28. The molecule has 0 saturated heterocycles. The zero-order chi connectivity index (χ0) is 12.5. The average molecular weight is 298 g/mol. The van der Waals surface area contributed by atoms with Crippen LogP contribution in [0.5, 0.6) is 0 Å². The highest BCUT2D eigenvalue weighted by atomic mass is 79.9. The fraction of sp³-hybridized carbons (Fsp3) is 0.462. The quantitative estimate of drug-likeness (QED) is 0.890. The lowest BCUT2D eigenvalue weighted by atomic mass is 9.99. The molecular formula is C13H16BrNO2. The van der Waals surface area contributed by atoms with Crippen LogP contribution in [0, 0.1) is 0 Å². The predicted octanol–water partition coefficient (Wildman–Crippen LogP) is 3.89. The van der Waals surface area contributed by atoms with Crippen LogP contribution in [-0.4, -0.2) is 16.6 Å². The van der Waals surface area contributed by atoms with E-state index < -0.39 is 5.97 Å². The van der Waals surface area contributed by atoms with Gasteiger partial charge in [-0.3, -0.25) is 0 Å². The molecule has 0 bridgehead atoms. The standard InChI is InChI=1S/C13H16BrNO2/c1-13(6-2-3-7-13)15-11-5-4-9(14)8-10(11)12(16)17/h4-5,8,15H,2-3,6-7H2,1H3,(H,16,17). The molecule has 0 unspecified atom stereocenters. The summed E-state index contributed by atoms with van der Waals surface area (Å²) in [7, 11) is 0. The Morgan fingerprint density at radius 1 is 1.41 bits per heavy atom. The third kappa shape index (κ3) is 2.80. The molecule has 0 atom stereocenters. The number of carboxylic acids is 1. The van der Waals surface area contributed by atoms with Gasteiger partial charge in [-0.2, -0.15) is 0 Å². The van der Waals surface area contributed by atoms with Gasteiger partial charge >= 0.3 is 5.97 Å². The zero-order valence-electron chi connectivity index (χ0n) is 9.79. The Hall–Kier alpha value is -1.03. The Kier molecular flexibility index (Phi) is 3.43. The second-order valence-electron chi connectivity index (χ2n) is 4.89. The number of nitrogens with one attached hydrogen (secondary N) is 1. The maximum atomic E-state index is 11.2. The molecule has 1 fully saturated rings. The molecule has 0 heterocycles. The van der Waals surface area contributed by atoms with Gasteiger partial charge in [0.15, 0.2) is 0 Å². The first-order valence-electron chi connectivity index (χ1n) is 5.81. The summed E-state index contributed by atoms with van der Waals surface area (Å²) < 4.78 is 0.789. The van der Waals surface area contributed by atoms with E-state index in [-0.39, 0.29) is 5.54 Å². The highest BCUT2D eigenvalue weighted by molar-refractivity contribution is 9.10. The van der Waals surface area contributed by atoms with Crippen molar-refractivity contribution in [1.29, 1.82) is 0 Å². The molecule has 3 nitrogen and oxygen atoms in total. The second-order valence-corrected chi connectivity index (χ2v) is 5.80. The summed E-state index contributed by atoms with van der Waals surface area (Å²) in [6.45, 7) is 2.16. The molecule has 1 aromatic carbocycles. The van der Waals surface area contributed by atoms with E-state index in [1.54, 1.807) is 6.07 Å². The largest absolute Gasteiger partial charge is 0.478 e. The molecule has 0 radical (unpaired) electrons. The fourth-order valence-electron chi connectivity index (χ4n) is 2.41. The highest BCUT2D eigenvalue weighted by Gasteiger charge is 2.29. The van der Waals surface area contributed by atoms with Crippen LogP contribution in [-0.2, 0) is 0 Å². The smallest absolute Gasteiger partial charge is 0.337 e. The van der Waals surface area contributed by atoms with Crippen LogP contribution in [0.4, 0.5) is 5.69 Å². The van der Waals surface area contributed by atoms with Crippen molar-refractivity contribution in [1.82, 2.24) is 0 Å². The zero-order valence-corrected chi connectivity index (χ0v) is 11.4. The van der Waals surface area contributed by atoms with Crippen molar-refractivity contribution in [3.63, 3.8) is 0 Å². The molecule has 2 rings (SSSR count). The van der Waals surface area contributed by atoms with E-state index in [2.05, 4.69) is 28.2 Å². The van der Waals surface area contributed by atoms with Crippen molar-refractivity contribution < 1.29 is 9.90 Å². The molecule has 1 aliphatic rings. The predicted molar refractivity (Wildman–Crippen MR) is 71.6 cm³/mol. The first-order valence-corrected chi connectivity index (χ1v) is 6.60. The molecule has 1 aliphatic carbocycles. The topological polar surface area (TPSA) is 49.3 Å². The number of rotatable bonds is 3. The van der Waals surface area contributed by atoms with Gasteiger partial charge in [0, 0.05) is 15.7 Å². The van der Waals surface area contributed by atoms with E-state index in [4.69, 9.17) is 0 Å². The van der Waals surface area contributed by atoms with Crippen LogP contribution in [0.3, 0.4) is 0 Å². The van der Waals surface area contributed by atoms with Gasteiger partial charge in [-0.1, -0.05) is 28.8 Å². The average Bonchev–Trinajstić information content (AvgIpc) is 2.67. The number of benzene rings is 1. The lowest BCUT2D eigenvalue weighted by molar-refractivity contribution is 0.0698. The first-order chi connectivity index (χ1) is 8.00. The van der Waals surface area contributed by atoms with Gasteiger partial charge < -0.3 is 10.4 Å². The molecule has 1 aromatic rings. The monoisotopic (exact) mass is 297 g/mol. The molecule has 1 saturated carbocycles. The van der Waals surface area contributed by atoms with Gasteiger partial charge in [0.2, 0.25) is 0 Å². The summed E-state index contributed by atoms with van der Waals surface area (Å²) in [5.41, 5.74) is 1.08. The minimum atomic E-state index is -0.893. The minimum absolute atomic E-state index is 0.0397. The van der Waals surface area contributed by atoms with Crippen LogP contribution in [0.15, 0.2) is 22.7 Å². The second kappa shape index (κ2) is 4.69. The van der Waals surface area contributed by atoms with Crippen LogP contribution >= 0.6 is 15.9 Å². The summed E-state index contributed by atoms with van der Waals surface area (Å²) in [4.78, 5) is 11.2. The van der Waals surface area contributed by atoms with Crippen LogP contribution < -0.4 is 5.32 Å². The number of halogens is 1. The van der Waals surface area contributed by atoms with Crippen molar-refractivity contribution in [3.05, 3.63) is 28.2 Å². The third-order valence-electron chi connectivity index (χ3n) is 3.36. The maximum absolute atomic E-state index is 11.2. The van der Waals surface area contributed by atoms with E-state index in [1.807, 2.05) is 12.1 Å². The fourth-order valence-corrected chi connectivity index (χ4v) is 2.77. The number of aromatic carboxylic acids is 1. The summed E-state index contributed by atoms with van der Waals surface area (Å²) >= 11 is 3.30. The van der Waals surface area contributed by atoms with Gasteiger partial charge in [-0.15, -0.1) is 0 Å². The number of carboxylic acid groups (broad SMARTS) is 1. The normalized spacial score (nSPS) is 18.0. The van der Waals surface area contributed by atoms with Crippen molar-refractivity contribution in [2.24, 2.45) is 0 Å². The summed E-state index contributed by atoms with van der Waals surface area (Å²) in [5, 5.41) is 12.6. The van der Waals surface area contributed by atoms with Crippen molar-refractivity contribution in [2.45, 2.75) is 38.1 Å². The summed E-state index contributed by atoms with van der Waals surface area (Å²) in [5.74, 6) is -0.893. The molecule has 92 valence electrons. The molecule has 4 heteroatoms. The Bertz CT molecular complexity index is 439. The van der Waals surface area contributed by atoms with Gasteiger partial charge in [-0.25, -0.2) is 4.79 Å². The number of hydrogen-bond acceptors (Lipinski definition) is 2. The van der Waals surface area contributed by atoms with Gasteiger partial charge in [-0.05, 0) is 38.0 Å². The minimum Gasteiger partial charge on any atom is -0.478 e. The maximum Gasteiger partial charge on any atom is 0.337 e. The van der Waals surface area contributed by atoms with Gasteiger partial charge in [0.05, 0.1) is 5.56 Å². The van der Waals surface area contributed by atoms with Crippen molar-refractivity contribution >= 4 is 27.6 Å². The molecule has 0 aliphatic heterocycles. The van der Waals surface area contributed by atoms with E-state index >= 15 is 0 Å². The summed E-state index contributed by atoms with van der Waals surface area (Å²) in [6, 6.07) is 5.34. The Morgan fingerprint density at radius 2 is 2.06 bits per heavy atom. The molecule has 2 N–H and O–H groups in total. The van der Waals surface area contributed by atoms with Crippen molar-refractivity contribution in [3.8, 4) is 0 Å². The van der Waals surface area contributed by atoms with Gasteiger partial charge in [0.25, 0.3) is 0 Å². The SMILES string of the molecule is CC1(Nc2ccc(Br)cc2C(=O)O)CCCC1. The number of carbonyl (C=O) groups is 1. The molecule has 0 aromatic heterocycles. The molecule has 0 amide bonds. The first kappa shape index (κ1) is 12.4. The molecule has 0 spiro atoms. The van der Waals surface area contributed by atoms with E-state index in [1.165, 1.54) is 12.8 Å². The lowest BCUT2D eigenvalue weighted by Crippen LogP contribution is -2.31. The number of hydrogen-bond donors (Lipinski definition) is 2. The highest BCUT2D eigenvalue weighted by Crippen LogP contribution is 2.34. The van der Waals surface area contributed by atoms with E-state index in [9.17, 15) is 9.90 Å².